The fraction of sp³-hybridized carbons (Fsp3) is 0.346. The van der Waals surface area contributed by atoms with E-state index >= 15 is 0 Å². The van der Waals surface area contributed by atoms with Gasteiger partial charge in [0.2, 0.25) is 17.7 Å². The van der Waals surface area contributed by atoms with E-state index in [1.807, 2.05) is 57.4 Å². The van der Waals surface area contributed by atoms with Gasteiger partial charge in [-0.2, -0.15) is 0 Å². The molecule has 8 N–H and O–H groups in total. The van der Waals surface area contributed by atoms with Crippen molar-refractivity contribution in [2.45, 2.75) is 164 Å². The number of ether oxygens (including phenoxy) is 6. The Morgan fingerprint density at radius 2 is 0.835 bits per heavy atom. The van der Waals surface area contributed by atoms with E-state index in [1.54, 1.807) is 44.2 Å². The molecule has 0 unspecified atom stereocenters. The second kappa shape index (κ2) is 38.7. The number of aromatic amines is 2. The Kier molecular flexibility index (Phi) is 26.0. The minimum atomic E-state index is -1.13. The molecule has 10 aromatic carbocycles. The molecular weight excluding hydrogens is 1690 g/mol. The zero-order chi connectivity index (χ0) is 92.4. The third kappa shape index (κ3) is 18.2. The lowest BCUT2D eigenvalue weighted by atomic mass is 9.94. The number of hydrogen-bond donors (Lipinski definition) is 8. The lowest BCUT2D eigenvalue weighted by Gasteiger charge is -2.37. The Morgan fingerprint density at radius 3 is 1.28 bits per heavy atom. The standard InChI is InChI=1S/C52H53N7O7.C42H44N6O4.C10H11NO4/c1-29(64-2)45(56-51(62)65-3)50(61)59-38-19-16-37(26-38)47(59)48-53-28-43(55-48)36-15-14-32-23-31(12-13-33(32)25-36)34-17-20-39-35(24-34)18-21-41-40(39)27-42(54-41)44-11-8-22-58(44)49(60)46(57-52(63)66-4)30-9-6-5-7-10-30;1-23(51-2)38(47-42(50)52-3)41(49)48-31-13-10-30(20-31)39(48)40-44-22-37(46-40)29-9-8-25-17-24(6-7-26(25)19-29)27-11-14-32-28(18-27)12-15-34-33(32)21-36(45-34)35-5-4-16-43-35;1-15-10(14)11-8(9(12)13)7-5-3-2-4-6-7/h5-7,9-10,12-15,17-18,20-21,23-25,28-29,37-38,44-47H,8,11,16,19,22,26-27H2,1-4H3,(H,53,55)(H,56,62)(H,57,63);6-9,11-12,14-15,17-19,22-23,30-31,35,38-39,43H,4-5,10,13,16,20-21H2,1-3H3,(H,44,46)(H,47,50);2-6,8H,1H3,(H,11,14)(H,12,13)/t29-,37+,38-,44+,45+,46-,47+;23-,30+,31-,35+,38+,39+;8-/m111/s1. The summed E-state index contributed by atoms with van der Waals surface area (Å²) in [5, 5.41) is 32.2. The van der Waals surface area contributed by atoms with Gasteiger partial charge >= 0.3 is 30.3 Å². The first-order valence-corrected chi connectivity index (χ1v) is 45.5. The number of aromatic nitrogens is 4. The number of benzene rings is 10. The van der Waals surface area contributed by atoms with Crippen molar-refractivity contribution < 1.29 is 71.9 Å². The molecule has 0 spiro atoms. The van der Waals surface area contributed by atoms with Crippen LogP contribution in [0.3, 0.4) is 0 Å². The summed E-state index contributed by atoms with van der Waals surface area (Å²) in [4.78, 5) is 133. The molecule has 684 valence electrons. The topological polar surface area (TPSA) is 364 Å². The molecule has 29 nitrogen and oxygen atoms in total. The van der Waals surface area contributed by atoms with Gasteiger partial charge < -0.3 is 84.8 Å². The second-order valence-electron chi connectivity index (χ2n) is 35.6. The van der Waals surface area contributed by atoms with Crippen LogP contribution in [0.25, 0.3) is 87.9 Å². The van der Waals surface area contributed by atoms with E-state index in [0.717, 1.165) is 159 Å². The summed E-state index contributed by atoms with van der Waals surface area (Å²) in [7, 11) is 8.11. The monoisotopic (exact) mass is 1790 g/mol. The Bertz CT molecular complexity index is 6530. The van der Waals surface area contributed by atoms with Crippen LogP contribution in [-0.2, 0) is 60.4 Å². The molecule has 4 bridgehead atoms. The molecule has 20 rings (SSSR count). The van der Waals surface area contributed by atoms with Gasteiger partial charge in [-0.25, -0.2) is 33.9 Å². The van der Waals surface area contributed by atoms with Crippen molar-refractivity contribution in [1.82, 2.24) is 61.2 Å². The quantitative estimate of drug-likeness (QED) is 0.0292. The smallest absolute Gasteiger partial charge is 0.407 e. The van der Waals surface area contributed by atoms with Crippen molar-refractivity contribution in [3.63, 3.8) is 0 Å². The summed E-state index contributed by atoms with van der Waals surface area (Å²) >= 11 is 0. The number of carboxylic acids is 1. The minimum absolute atomic E-state index is 0.0675. The number of nitrogens with zero attached hydrogens (tertiary/aromatic N) is 7. The first-order valence-electron chi connectivity index (χ1n) is 45.5. The van der Waals surface area contributed by atoms with Gasteiger partial charge in [-0.15, -0.1) is 0 Å². The average Bonchev–Trinajstić information content (AvgIpc) is 1.60. The highest BCUT2D eigenvalue weighted by molar-refractivity contribution is 6.08. The van der Waals surface area contributed by atoms with Crippen LogP contribution in [0.1, 0.15) is 136 Å². The molecule has 6 aliphatic heterocycles. The van der Waals surface area contributed by atoms with Gasteiger partial charge in [0.15, 0.2) is 6.04 Å². The average molecular weight is 1790 g/mol. The number of amides is 7. The van der Waals surface area contributed by atoms with E-state index in [1.165, 1.54) is 94.1 Å². The summed E-state index contributed by atoms with van der Waals surface area (Å²) in [5.74, 6) is 0.407. The largest absolute Gasteiger partial charge is 0.479 e. The third-order valence-electron chi connectivity index (χ3n) is 28.0. The first kappa shape index (κ1) is 89.4. The lowest BCUT2D eigenvalue weighted by Crippen LogP contribution is -2.56. The maximum absolute atomic E-state index is 14.1. The number of rotatable bonds is 22. The number of H-pyrrole nitrogens is 2. The van der Waals surface area contributed by atoms with Crippen molar-refractivity contribution in [3.05, 3.63) is 240 Å². The molecule has 2 aromatic heterocycles. The number of methoxy groups -OCH3 is 6. The molecular formula is C104H108N14O15. The summed E-state index contributed by atoms with van der Waals surface area (Å²) in [5.41, 5.74) is 16.4. The predicted octanol–water partition coefficient (Wildman–Crippen LogP) is 17.0. The minimum Gasteiger partial charge on any atom is -0.479 e. The number of fused-ring (bicyclic) bond motifs is 12. The van der Waals surface area contributed by atoms with Gasteiger partial charge in [0, 0.05) is 74.3 Å². The molecule has 12 aromatic rings. The van der Waals surface area contributed by atoms with Gasteiger partial charge in [-0.05, 0) is 233 Å². The zero-order valence-electron chi connectivity index (χ0n) is 75.4. The highest BCUT2D eigenvalue weighted by Gasteiger charge is 2.54. The Labute approximate surface area is 769 Å². The van der Waals surface area contributed by atoms with Crippen molar-refractivity contribution in [2.24, 2.45) is 21.8 Å². The number of carboxylic acid groups (broad SMARTS) is 1. The summed E-state index contributed by atoms with van der Waals surface area (Å²) in [6, 6.07) is 62.0. The normalized spacial score (nSPS) is 20.8. The molecule has 29 heteroatoms. The van der Waals surface area contributed by atoms with Gasteiger partial charge in [0.1, 0.15) is 29.8 Å². The number of imidazole rings is 2. The maximum atomic E-state index is 14.1. The van der Waals surface area contributed by atoms with Crippen LogP contribution in [-0.4, -0.2) is 203 Å². The molecule has 133 heavy (non-hydrogen) atoms. The summed E-state index contributed by atoms with van der Waals surface area (Å²) in [6.45, 7) is 5.22. The Morgan fingerprint density at radius 1 is 0.429 bits per heavy atom. The molecule has 14 atom stereocenters. The third-order valence-corrected chi connectivity index (χ3v) is 28.0. The fourth-order valence-electron chi connectivity index (χ4n) is 21.1. The Hall–Kier alpha value is -14.2. The molecule has 6 fully saturated rings. The molecule has 7 amide bonds. The van der Waals surface area contributed by atoms with Gasteiger partial charge in [-0.3, -0.25) is 24.4 Å². The molecule has 0 radical (unpaired) electrons. The van der Waals surface area contributed by atoms with E-state index < -0.39 is 66.7 Å². The van der Waals surface area contributed by atoms with Gasteiger partial charge in [-0.1, -0.05) is 146 Å². The van der Waals surface area contributed by atoms with Gasteiger partial charge in [0.25, 0.3) is 0 Å². The van der Waals surface area contributed by atoms with Crippen LogP contribution < -0.4 is 26.6 Å². The number of aliphatic imine (C=N–C) groups is 2. The number of alkyl carbamates (subject to hydrolysis) is 4. The van der Waals surface area contributed by atoms with Crippen LogP contribution >= 0.6 is 0 Å². The van der Waals surface area contributed by atoms with Crippen molar-refractivity contribution in [1.29, 1.82) is 0 Å². The van der Waals surface area contributed by atoms with Crippen LogP contribution in [0.5, 0.6) is 0 Å². The summed E-state index contributed by atoms with van der Waals surface area (Å²) in [6.07, 6.45) is 11.2. The number of carbonyl (C=O) groups is 8. The molecule has 4 saturated heterocycles. The number of piperidine rings is 2. The predicted molar refractivity (Wildman–Crippen MR) is 506 cm³/mol. The Balaban J connectivity index is 0.000000157. The van der Waals surface area contributed by atoms with Crippen molar-refractivity contribution >= 4 is 114 Å². The molecule has 8 aliphatic rings. The second-order valence-corrected chi connectivity index (χ2v) is 35.6. The van der Waals surface area contributed by atoms with Crippen LogP contribution in [0.15, 0.2) is 217 Å². The fourth-order valence-corrected chi connectivity index (χ4v) is 21.1. The highest BCUT2D eigenvalue weighted by Crippen LogP contribution is 2.53. The highest BCUT2D eigenvalue weighted by atomic mass is 16.6. The lowest BCUT2D eigenvalue weighted by molar-refractivity contribution is -0.142. The number of aliphatic carboxylic acids is 1. The van der Waals surface area contributed by atoms with Crippen molar-refractivity contribution in [3.8, 4) is 44.8 Å². The maximum Gasteiger partial charge on any atom is 0.407 e. The summed E-state index contributed by atoms with van der Waals surface area (Å²) < 4.78 is 29.9. The van der Waals surface area contributed by atoms with Crippen LogP contribution in [0, 0.1) is 11.8 Å². The van der Waals surface area contributed by atoms with E-state index in [9.17, 15) is 38.4 Å². The van der Waals surface area contributed by atoms with E-state index in [2.05, 4.69) is 175 Å². The van der Waals surface area contributed by atoms with E-state index in [-0.39, 0.29) is 53.8 Å². The van der Waals surface area contributed by atoms with Crippen LogP contribution in [0.2, 0.25) is 0 Å². The van der Waals surface area contributed by atoms with E-state index in [0.29, 0.717) is 36.1 Å². The zero-order valence-corrected chi connectivity index (χ0v) is 75.4. The number of likely N-dealkylation sites (tertiary alicyclic amines) is 3. The van der Waals surface area contributed by atoms with Gasteiger partial charge in [0.05, 0.1) is 93.9 Å². The number of hydrogen-bond acceptors (Lipinski definition) is 19. The molecule has 2 aliphatic carbocycles. The number of carbonyl (C=O) groups excluding carboxylic acids is 7. The van der Waals surface area contributed by atoms with Crippen LogP contribution in [0.4, 0.5) is 30.6 Å². The molecule has 2 saturated carbocycles. The van der Waals surface area contributed by atoms with Crippen molar-refractivity contribution in [2.75, 3.05) is 55.7 Å². The first-order chi connectivity index (χ1) is 64.6. The SMILES string of the molecule is COC(=O)N[C@@H](C(=O)O)c1ccccc1.COC(=O)N[C@H](C(=O)N1[C@@H]2CC[C@@H](C2)[C@H]1c1ncc(-c2ccc3cc(-c4ccc5c6c(ccc5c4)N=C([C@@H]4CCCN4)C6)ccc3c2)[nH]1)[C@@H](C)OC.COC(=O)N[C@H](C(=O)N1[C@@H]2CC[C@@H](C2)[C@H]1c1ncc(-c2ccc3cc(-c4ccc5c6c(ccc5c4)N=C([C@@H]4CCCN4C(=O)[C@H](NC(=O)OC)c4ccccc4)C6)ccc3c2)[nH]1)[C@@H](C)OC. The number of nitrogens with one attached hydrogen (secondary N) is 7. The van der Waals surface area contributed by atoms with E-state index in [4.69, 9.17) is 48.7 Å². The molecule has 8 heterocycles.